The maximum Gasteiger partial charge on any atom is 0.276 e. The van der Waals surface area contributed by atoms with Crippen LogP contribution in [0.25, 0.3) is 0 Å². The number of hydrogen-bond donors (Lipinski definition) is 4. The molecule has 0 bridgehead atoms. The van der Waals surface area contributed by atoms with Gasteiger partial charge in [0.25, 0.3) is 31.1 Å². The number of nitrogens with one attached hydrogen (secondary N) is 3. The van der Waals surface area contributed by atoms with Crippen LogP contribution in [0.4, 0.5) is 42.1 Å². The quantitative estimate of drug-likeness (QED) is 0.110. The van der Waals surface area contributed by atoms with Crippen LogP contribution in [0.5, 0.6) is 5.75 Å². The van der Waals surface area contributed by atoms with Crippen LogP contribution in [0.15, 0.2) is 54.1 Å². The minimum absolute atomic E-state index is 0.108. The summed E-state index contributed by atoms with van der Waals surface area (Å²) in [6.45, 7) is 0.211. The molecule has 0 saturated carbocycles. The molecular weight excluding hydrogens is 515 g/mol. The molecule has 7 nitrogen and oxygen atoms in total. The van der Waals surface area contributed by atoms with Crippen LogP contribution in [-0.4, -0.2) is 48.5 Å². The molecule has 2 aromatic rings. The summed E-state index contributed by atoms with van der Waals surface area (Å²) in [6.07, 6.45) is -9.95. The Balaban J connectivity index is 2.31. The molecule has 0 unspecified atom stereocenters. The molecule has 0 spiro atoms. The van der Waals surface area contributed by atoms with E-state index >= 15 is 0 Å². The third-order valence-electron chi connectivity index (χ3n) is 4.70. The van der Waals surface area contributed by atoms with E-state index in [-0.39, 0.29) is 23.2 Å². The average molecular weight is 535 g/mol. The summed E-state index contributed by atoms with van der Waals surface area (Å²) < 4.78 is 96.5. The molecular formula is C23H20F7N3O4. The van der Waals surface area contributed by atoms with Crippen LogP contribution < -0.4 is 15.4 Å². The number of carbonyl (C=O) groups is 2. The highest BCUT2D eigenvalue weighted by molar-refractivity contribution is 6.28. The summed E-state index contributed by atoms with van der Waals surface area (Å²) in [5.74, 6) is -4.09. The maximum atomic E-state index is 14.5. The van der Waals surface area contributed by atoms with Gasteiger partial charge in [0.1, 0.15) is 23.7 Å². The number of hydrogen-bond acceptors (Lipinski definition) is 5. The van der Waals surface area contributed by atoms with Crippen LogP contribution in [0.1, 0.15) is 12.5 Å². The first-order valence-electron chi connectivity index (χ1n) is 10.3. The zero-order chi connectivity index (χ0) is 27.9. The zero-order valence-electron chi connectivity index (χ0n) is 18.9. The van der Waals surface area contributed by atoms with Gasteiger partial charge in [0.15, 0.2) is 0 Å². The number of anilines is 2. The summed E-state index contributed by atoms with van der Waals surface area (Å²) >= 11 is 0. The molecule has 0 aliphatic heterocycles. The lowest BCUT2D eigenvalue weighted by molar-refractivity contribution is -0.183. The second-order valence-corrected chi connectivity index (χ2v) is 7.47. The Morgan fingerprint density at radius 2 is 1.57 bits per heavy atom. The topological polar surface area (TPSA) is 112 Å². The number of aliphatic hydroxyl groups is 1. The Bertz CT molecular complexity index is 1180. The highest BCUT2D eigenvalue weighted by atomic mass is 19.3. The van der Waals surface area contributed by atoms with Gasteiger partial charge >= 0.3 is 0 Å². The van der Waals surface area contributed by atoms with Crippen molar-refractivity contribution in [2.75, 3.05) is 17.2 Å². The average Bonchev–Trinajstić information content (AvgIpc) is 2.82. The van der Waals surface area contributed by atoms with Crippen molar-refractivity contribution < 1.29 is 50.2 Å². The molecule has 0 fully saturated rings. The van der Waals surface area contributed by atoms with E-state index in [1.165, 1.54) is 31.2 Å². The van der Waals surface area contributed by atoms with Gasteiger partial charge in [0.2, 0.25) is 5.60 Å². The number of ether oxygens (including phenoxy) is 1. The van der Waals surface area contributed by atoms with Crippen molar-refractivity contribution in [2.24, 2.45) is 0 Å². The van der Waals surface area contributed by atoms with E-state index in [1.54, 1.807) is 0 Å². The molecule has 0 heterocycles. The molecule has 0 atom stereocenters. The SMILES string of the molecule is CC(=N)/C=C(/C(=O)Nc1ccc(C(O)(C(F)F)C(F)F)cc1F)C(=O)Nc1ccccc1OCC(F)F. The fourth-order valence-electron chi connectivity index (χ4n) is 2.89. The van der Waals surface area contributed by atoms with Gasteiger partial charge in [-0.25, -0.2) is 30.7 Å². The van der Waals surface area contributed by atoms with Crippen molar-refractivity contribution in [3.05, 3.63) is 65.5 Å². The molecule has 4 N–H and O–H groups in total. The Labute approximate surface area is 205 Å². The number of para-hydroxylation sites is 2. The Morgan fingerprint density at radius 1 is 1.00 bits per heavy atom. The van der Waals surface area contributed by atoms with Gasteiger partial charge in [0, 0.05) is 5.71 Å². The molecule has 2 aromatic carbocycles. The summed E-state index contributed by atoms with van der Waals surface area (Å²) in [5.41, 5.74) is -7.00. The van der Waals surface area contributed by atoms with E-state index in [0.717, 1.165) is 6.08 Å². The minimum atomic E-state index is -3.97. The van der Waals surface area contributed by atoms with E-state index in [9.17, 15) is 45.4 Å². The van der Waals surface area contributed by atoms with Gasteiger partial charge in [-0.05, 0) is 42.8 Å². The van der Waals surface area contributed by atoms with Crippen LogP contribution in [0, 0.1) is 11.2 Å². The predicted octanol–water partition coefficient (Wildman–Crippen LogP) is 4.73. The van der Waals surface area contributed by atoms with E-state index in [2.05, 4.69) is 5.32 Å². The van der Waals surface area contributed by atoms with E-state index < -0.39 is 65.9 Å². The van der Waals surface area contributed by atoms with Gasteiger partial charge in [-0.3, -0.25) is 9.59 Å². The van der Waals surface area contributed by atoms with Crippen LogP contribution in [0.3, 0.4) is 0 Å². The van der Waals surface area contributed by atoms with Crippen LogP contribution in [0.2, 0.25) is 0 Å². The number of allylic oxidation sites excluding steroid dienone is 1. The Morgan fingerprint density at radius 3 is 2.08 bits per heavy atom. The molecule has 200 valence electrons. The number of carbonyl (C=O) groups excluding carboxylic acids is 2. The summed E-state index contributed by atoms with van der Waals surface area (Å²) in [6, 6.07) is 6.73. The lowest BCUT2D eigenvalue weighted by atomic mass is 9.94. The second-order valence-electron chi connectivity index (χ2n) is 7.47. The highest BCUT2D eigenvalue weighted by Gasteiger charge is 2.49. The number of alkyl halides is 6. The molecule has 37 heavy (non-hydrogen) atoms. The highest BCUT2D eigenvalue weighted by Crippen LogP contribution is 2.36. The minimum Gasteiger partial charge on any atom is -0.485 e. The largest absolute Gasteiger partial charge is 0.485 e. The number of amides is 2. The number of rotatable bonds is 11. The number of halogens is 7. The van der Waals surface area contributed by atoms with Crippen LogP contribution >= 0.6 is 0 Å². The molecule has 0 aromatic heterocycles. The Kier molecular flexibility index (Phi) is 9.77. The fraction of sp³-hybridized carbons (Fsp3) is 0.261. The first kappa shape index (κ1) is 29.3. The zero-order valence-corrected chi connectivity index (χ0v) is 18.9. The van der Waals surface area contributed by atoms with Crippen LogP contribution in [-0.2, 0) is 15.2 Å². The molecule has 2 rings (SSSR count). The first-order chi connectivity index (χ1) is 17.3. The molecule has 0 saturated heterocycles. The molecule has 14 heteroatoms. The summed E-state index contributed by atoms with van der Waals surface area (Å²) in [7, 11) is 0. The molecule has 0 aliphatic carbocycles. The van der Waals surface area contributed by atoms with E-state index in [4.69, 9.17) is 10.1 Å². The lowest BCUT2D eigenvalue weighted by Crippen LogP contribution is -2.41. The number of benzene rings is 2. The maximum absolute atomic E-state index is 14.5. The van der Waals surface area contributed by atoms with Crippen molar-refractivity contribution in [1.82, 2.24) is 0 Å². The monoisotopic (exact) mass is 535 g/mol. The molecule has 0 radical (unpaired) electrons. The molecule has 0 aliphatic rings. The van der Waals surface area contributed by atoms with Gasteiger partial charge in [-0.2, -0.15) is 0 Å². The van der Waals surface area contributed by atoms with E-state index in [0.29, 0.717) is 12.1 Å². The van der Waals surface area contributed by atoms with Crippen molar-refractivity contribution in [3.63, 3.8) is 0 Å². The second kappa shape index (κ2) is 12.3. The van der Waals surface area contributed by atoms with Crippen molar-refractivity contribution in [2.45, 2.75) is 31.8 Å². The fourth-order valence-corrected chi connectivity index (χ4v) is 2.89. The third kappa shape index (κ3) is 7.29. The predicted molar refractivity (Wildman–Crippen MR) is 119 cm³/mol. The van der Waals surface area contributed by atoms with Crippen molar-refractivity contribution in [1.29, 1.82) is 5.41 Å². The van der Waals surface area contributed by atoms with Gasteiger partial charge in [0.05, 0.1) is 11.4 Å². The molecule has 2 amide bonds. The normalized spacial score (nSPS) is 12.2. The summed E-state index contributed by atoms with van der Waals surface area (Å²) in [4.78, 5) is 25.5. The van der Waals surface area contributed by atoms with Crippen molar-refractivity contribution >= 4 is 28.9 Å². The first-order valence-corrected chi connectivity index (χ1v) is 10.3. The smallest absolute Gasteiger partial charge is 0.276 e. The van der Waals surface area contributed by atoms with Gasteiger partial charge in [-0.15, -0.1) is 0 Å². The van der Waals surface area contributed by atoms with Gasteiger partial charge in [-0.1, -0.05) is 18.2 Å². The summed E-state index contributed by atoms with van der Waals surface area (Å²) in [5, 5.41) is 21.4. The Hall–Kier alpha value is -3.94. The lowest BCUT2D eigenvalue weighted by Gasteiger charge is -2.27. The van der Waals surface area contributed by atoms with E-state index in [1.807, 2.05) is 5.32 Å². The van der Waals surface area contributed by atoms with Gasteiger partial charge < -0.3 is 25.9 Å². The third-order valence-corrected chi connectivity index (χ3v) is 4.70. The van der Waals surface area contributed by atoms with Crippen molar-refractivity contribution in [3.8, 4) is 5.75 Å². The standard InChI is InChI=1S/C23H20F7N3O4/c1-11(31)8-13(20(35)33-16-4-2-3-5-17(16)37-10-18(25)26)19(34)32-15-7-6-12(9-14(15)24)23(36,21(27)28)22(29)30/h2-9,18,21-22,31,36H,10H2,1H3,(H,32,34)(H,33,35)/b13-8-,31-11?.